The molecule has 0 unspecified atom stereocenters. The van der Waals surface area contributed by atoms with Gasteiger partial charge < -0.3 is 5.73 Å². The largest absolute Gasteiger partial charge is 0.402 e. The van der Waals surface area contributed by atoms with Crippen molar-refractivity contribution in [1.82, 2.24) is 0 Å². The minimum Gasteiger partial charge on any atom is -0.402 e. The summed E-state index contributed by atoms with van der Waals surface area (Å²) in [4.78, 5) is 0. The number of rotatable bonds is 2. The average molecular weight is 125 g/mol. The smallest absolute Gasteiger partial charge is 0.00488 e. The van der Waals surface area contributed by atoms with E-state index in [1.807, 2.05) is 13.0 Å². The summed E-state index contributed by atoms with van der Waals surface area (Å²) in [6.45, 7) is 6.12. The second-order valence-corrected chi connectivity index (χ2v) is 2.28. The summed E-state index contributed by atoms with van der Waals surface area (Å²) >= 11 is 0. The van der Waals surface area contributed by atoms with E-state index in [2.05, 4.69) is 19.9 Å². The minimum atomic E-state index is 0.864. The molecule has 9 heavy (non-hydrogen) atoms. The molecule has 2 N–H and O–H groups in total. The Kier molecular flexibility index (Phi) is 3.85. The Balaban J connectivity index is 3.83. The highest BCUT2D eigenvalue weighted by Gasteiger charge is 1.78. The van der Waals surface area contributed by atoms with Gasteiger partial charge in [0.15, 0.2) is 0 Å². The predicted molar refractivity (Wildman–Crippen MR) is 42.0 cm³/mol. The molecule has 0 aromatic rings. The van der Waals surface area contributed by atoms with Crippen molar-refractivity contribution in [3.63, 3.8) is 0 Å². The lowest BCUT2D eigenvalue weighted by Crippen LogP contribution is -1.88. The summed E-state index contributed by atoms with van der Waals surface area (Å²) in [5.74, 6) is 0. The molecule has 0 spiro atoms. The third kappa shape index (κ3) is 5.15. The first-order valence-corrected chi connectivity index (χ1v) is 3.26. The SMILES string of the molecule is CC/C(C)=C/C=C(/C)N. The summed E-state index contributed by atoms with van der Waals surface area (Å²) in [6, 6.07) is 0. The van der Waals surface area contributed by atoms with E-state index in [0.717, 1.165) is 12.1 Å². The highest BCUT2D eigenvalue weighted by Crippen LogP contribution is 1.97. The van der Waals surface area contributed by atoms with Crippen LogP contribution in [0, 0.1) is 0 Å². The van der Waals surface area contributed by atoms with Gasteiger partial charge in [-0.25, -0.2) is 0 Å². The second kappa shape index (κ2) is 4.19. The molecule has 0 saturated heterocycles. The van der Waals surface area contributed by atoms with Crippen LogP contribution in [-0.4, -0.2) is 0 Å². The molecule has 0 aromatic carbocycles. The van der Waals surface area contributed by atoms with Crippen LogP contribution in [0.25, 0.3) is 0 Å². The summed E-state index contributed by atoms with van der Waals surface area (Å²) < 4.78 is 0. The van der Waals surface area contributed by atoms with Gasteiger partial charge in [-0.2, -0.15) is 0 Å². The Morgan fingerprint density at radius 2 is 1.89 bits per heavy atom. The Morgan fingerprint density at radius 3 is 2.22 bits per heavy atom. The first-order chi connectivity index (χ1) is 4.16. The normalized spacial score (nSPS) is 14.1. The van der Waals surface area contributed by atoms with E-state index < -0.39 is 0 Å². The van der Waals surface area contributed by atoms with E-state index in [4.69, 9.17) is 5.73 Å². The van der Waals surface area contributed by atoms with Gasteiger partial charge in [0.25, 0.3) is 0 Å². The molecule has 0 aromatic heterocycles. The Morgan fingerprint density at radius 1 is 1.33 bits per heavy atom. The Labute approximate surface area is 57.3 Å². The molecule has 0 aliphatic heterocycles. The van der Waals surface area contributed by atoms with E-state index in [0.29, 0.717) is 0 Å². The van der Waals surface area contributed by atoms with E-state index >= 15 is 0 Å². The van der Waals surface area contributed by atoms with Crippen LogP contribution in [0.4, 0.5) is 0 Å². The topological polar surface area (TPSA) is 26.0 Å². The van der Waals surface area contributed by atoms with Crippen molar-refractivity contribution in [2.24, 2.45) is 5.73 Å². The predicted octanol–water partition coefficient (Wildman–Crippen LogP) is 2.21. The highest BCUT2D eigenvalue weighted by atomic mass is 14.5. The molecule has 1 heteroatoms. The monoisotopic (exact) mass is 125 g/mol. The Bertz CT molecular complexity index is 128. The van der Waals surface area contributed by atoms with E-state index in [-0.39, 0.29) is 0 Å². The lowest BCUT2D eigenvalue weighted by molar-refractivity contribution is 1.10. The maximum Gasteiger partial charge on any atom is 0.00488 e. The van der Waals surface area contributed by atoms with Gasteiger partial charge in [-0.15, -0.1) is 0 Å². The molecule has 0 saturated carbocycles. The molecule has 0 aliphatic carbocycles. The lowest BCUT2D eigenvalue weighted by Gasteiger charge is -1.90. The van der Waals surface area contributed by atoms with Gasteiger partial charge in [-0.3, -0.25) is 0 Å². The quantitative estimate of drug-likeness (QED) is 0.562. The molecule has 1 nitrogen and oxygen atoms in total. The molecule has 52 valence electrons. The zero-order valence-electron chi connectivity index (χ0n) is 6.44. The lowest BCUT2D eigenvalue weighted by atomic mass is 10.2. The van der Waals surface area contributed by atoms with Gasteiger partial charge >= 0.3 is 0 Å². The summed E-state index contributed by atoms with van der Waals surface area (Å²) in [5, 5.41) is 0. The fourth-order valence-electron chi connectivity index (χ4n) is 0.392. The van der Waals surface area contributed by atoms with E-state index in [1.165, 1.54) is 5.57 Å². The summed E-state index contributed by atoms with van der Waals surface area (Å²) in [7, 11) is 0. The second-order valence-electron chi connectivity index (χ2n) is 2.28. The van der Waals surface area contributed by atoms with Crippen LogP contribution in [0.2, 0.25) is 0 Å². The third-order valence-corrected chi connectivity index (χ3v) is 1.19. The molecule has 0 amide bonds. The van der Waals surface area contributed by atoms with E-state index in [1.54, 1.807) is 0 Å². The zero-order valence-corrected chi connectivity index (χ0v) is 6.44. The molecular weight excluding hydrogens is 110 g/mol. The number of hydrogen-bond acceptors (Lipinski definition) is 1. The van der Waals surface area contributed by atoms with Gasteiger partial charge in [0.05, 0.1) is 0 Å². The van der Waals surface area contributed by atoms with Crippen molar-refractivity contribution in [2.45, 2.75) is 27.2 Å². The average Bonchev–Trinajstić information content (AvgIpc) is 1.83. The van der Waals surface area contributed by atoms with Crippen molar-refractivity contribution in [1.29, 1.82) is 0 Å². The fraction of sp³-hybridized carbons (Fsp3) is 0.500. The minimum absolute atomic E-state index is 0.864. The summed E-state index contributed by atoms with van der Waals surface area (Å²) in [6.07, 6.45) is 5.08. The van der Waals surface area contributed by atoms with Crippen molar-refractivity contribution in [3.05, 3.63) is 23.4 Å². The number of hydrogen-bond donors (Lipinski definition) is 1. The number of allylic oxidation sites excluding steroid dienone is 4. The highest BCUT2D eigenvalue weighted by molar-refractivity contribution is 5.12. The van der Waals surface area contributed by atoms with Crippen molar-refractivity contribution < 1.29 is 0 Å². The van der Waals surface area contributed by atoms with E-state index in [9.17, 15) is 0 Å². The van der Waals surface area contributed by atoms with Crippen LogP contribution in [-0.2, 0) is 0 Å². The van der Waals surface area contributed by atoms with Crippen LogP contribution in [0.15, 0.2) is 23.4 Å². The molecule has 0 bridgehead atoms. The summed E-state index contributed by atoms with van der Waals surface area (Å²) in [5.41, 5.74) is 7.64. The van der Waals surface area contributed by atoms with Crippen LogP contribution in [0.3, 0.4) is 0 Å². The fourth-order valence-corrected chi connectivity index (χ4v) is 0.392. The molecule has 0 heterocycles. The Hall–Kier alpha value is -0.720. The van der Waals surface area contributed by atoms with Gasteiger partial charge in [0.1, 0.15) is 0 Å². The van der Waals surface area contributed by atoms with Crippen LogP contribution < -0.4 is 5.73 Å². The first kappa shape index (κ1) is 8.28. The molecule has 0 radical (unpaired) electrons. The zero-order chi connectivity index (χ0) is 7.28. The van der Waals surface area contributed by atoms with Crippen LogP contribution in [0.1, 0.15) is 27.2 Å². The molecular formula is C8H15N. The molecule has 0 atom stereocenters. The van der Waals surface area contributed by atoms with Crippen LogP contribution in [0.5, 0.6) is 0 Å². The van der Waals surface area contributed by atoms with Crippen molar-refractivity contribution >= 4 is 0 Å². The van der Waals surface area contributed by atoms with Crippen molar-refractivity contribution in [3.8, 4) is 0 Å². The third-order valence-electron chi connectivity index (χ3n) is 1.19. The van der Waals surface area contributed by atoms with Gasteiger partial charge in [0.2, 0.25) is 0 Å². The maximum absolute atomic E-state index is 5.41. The maximum atomic E-state index is 5.41. The molecule has 0 rings (SSSR count). The standard InChI is InChI=1S/C8H15N/c1-4-7(2)5-6-8(3)9/h5-6H,4,9H2,1-3H3/b7-5+,8-6-. The molecule has 0 aliphatic rings. The first-order valence-electron chi connectivity index (χ1n) is 3.26. The molecule has 0 fully saturated rings. The van der Waals surface area contributed by atoms with Gasteiger partial charge in [-0.1, -0.05) is 18.6 Å². The number of nitrogens with two attached hydrogens (primary N) is 1. The van der Waals surface area contributed by atoms with Gasteiger partial charge in [0, 0.05) is 5.70 Å². The van der Waals surface area contributed by atoms with Gasteiger partial charge in [-0.05, 0) is 26.3 Å². The van der Waals surface area contributed by atoms with Crippen LogP contribution >= 0.6 is 0 Å². The van der Waals surface area contributed by atoms with Crippen molar-refractivity contribution in [2.75, 3.05) is 0 Å².